The first-order valence-electron chi connectivity index (χ1n) is 10.8. The van der Waals surface area contributed by atoms with Crippen molar-refractivity contribution >= 4 is 17.7 Å². The van der Waals surface area contributed by atoms with Crippen LogP contribution < -0.4 is 10.1 Å². The van der Waals surface area contributed by atoms with Gasteiger partial charge in [-0.1, -0.05) is 35.9 Å². The monoisotopic (exact) mass is 448 g/mol. The standard InChI is InChI=1S/C28H24N4O2/c1-19-9-12-24(13-10-19)30-28(33)22(17-29)16-23-18-32(25-7-5-4-6-8-25)31-27(23)21-11-14-26(34-3)20(2)15-21/h4-16,18H,1-3H3,(H,30,33)/b22-16-. The molecule has 0 saturated heterocycles. The quantitative estimate of drug-likeness (QED) is 0.303. The maximum Gasteiger partial charge on any atom is 0.266 e. The molecule has 3 aromatic carbocycles. The fourth-order valence-electron chi connectivity index (χ4n) is 3.60. The Labute approximate surface area is 198 Å². The first-order valence-corrected chi connectivity index (χ1v) is 10.8. The lowest BCUT2D eigenvalue weighted by Gasteiger charge is -2.07. The minimum atomic E-state index is -0.476. The summed E-state index contributed by atoms with van der Waals surface area (Å²) in [5.41, 5.74) is 5.70. The topological polar surface area (TPSA) is 79.9 Å². The summed E-state index contributed by atoms with van der Waals surface area (Å²) >= 11 is 0. The molecule has 4 aromatic rings. The van der Waals surface area contributed by atoms with Gasteiger partial charge in [-0.25, -0.2) is 4.68 Å². The van der Waals surface area contributed by atoms with Gasteiger partial charge in [-0.15, -0.1) is 0 Å². The summed E-state index contributed by atoms with van der Waals surface area (Å²) in [6.07, 6.45) is 3.39. The van der Waals surface area contributed by atoms with Gasteiger partial charge >= 0.3 is 0 Å². The zero-order valence-corrected chi connectivity index (χ0v) is 19.2. The molecule has 6 heteroatoms. The highest BCUT2D eigenvalue weighted by Gasteiger charge is 2.16. The number of amides is 1. The number of anilines is 1. The number of carbonyl (C=O) groups is 1. The van der Waals surface area contributed by atoms with Gasteiger partial charge < -0.3 is 10.1 Å². The second kappa shape index (κ2) is 9.88. The van der Waals surface area contributed by atoms with Crippen LogP contribution >= 0.6 is 0 Å². The Hall–Kier alpha value is -4.63. The van der Waals surface area contributed by atoms with Gasteiger partial charge in [0.25, 0.3) is 5.91 Å². The lowest BCUT2D eigenvalue weighted by Crippen LogP contribution is -2.13. The number of aryl methyl sites for hydroxylation is 2. The predicted molar refractivity (Wildman–Crippen MR) is 134 cm³/mol. The number of hydrogen-bond acceptors (Lipinski definition) is 4. The number of benzene rings is 3. The van der Waals surface area contributed by atoms with E-state index in [1.165, 1.54) is 0 Å². The molecular formula is C28H24N4O2. The van der Waals surface area contributed by atoms with Crippen molar-refractivity contribution < 1.29 is 9.53 Å². The number of hydrogen-bond donors (Lipinski definition) is 1. The van der Waals surface area contributed by atoms with E-state index in [1.807, 2.05) is 86.8 Å². The van der Waals surface area contributed by atoms with E-state index in [9.17, 15) is 10.1 Å². The molecule has 168 valence electrons. The maximum atomic E-state index is 12.8. The van der Waals surface area contributed by atoms with Crippen LogP contribution in [0.1, 0.15) is 16.7 Å². The van der Waals surface area contributed by atoms with Crippen molar-refractivity contribution in [3.8, 4) is 28.8 Å². The van der Waals surface area contributed by atoms with E-state index >= 15 is 0 Å². The Bertz CT molecular complexity index is 1390. The molecule has 0 radical (unpaired) electrons. The minimum absolute atomic E-state index is 0.0142. The average Bonchev–Trinajstić information content (AvgIpc) is 3.28. The van der Waals surface area contributed by atoms with Crippen molar-refractivity contribution in [3.63, 3.8) is 0 Å². The third kappa shape index (κ3) is 4.89. The minimum Gasteiger partial charge on any atom is -0.496 e. The molecule has 1 aromatic heterocycles. The van der Waals surface area contributed by atoms with Gasteiger partial charge in [0, 0.05) is 23.0 Å². The van der Waals surface area contributed by atoms with Gasteiger partial charge in [0.05, 0.1) is 12.8 Å². The van der Waals surface area contributed by atoms with Crippen molar-refractivity contribution in [2.75, 3.05) is 12.4 Å². The van der Waals surface area contributed by atoms with Crippen LogP contribution in [0.3, 0.4) is 0 Å². The zero-order valence-electron chi connectivity index (χ0n) is 19.2. The van der Waals surface area contributed by atoms with Gasteiger partial charge in [-0.05, 0) is 68.0 Å². The molecule has 34 heavy (non-hydrogen) atoms. The lowest BCUT2D eigenvalue weighted by atomic mass is 10.0. The molecule has 0 saturated carbocycles. The zero-order chi connectivity index (χ0) is 24.1. The van der Waals surface area contributed by atoms with Gasteiger partial charge in [0.15, 0.2) is 0 Å². The van der Waals surface area contributed by atoms with Crippen molar-refractivity contribution in [3.05, 3.63) is 101 Å². The van der Waals surface area contributed by atoms with Crippen molar-refractivity contribution in [1.29, 1.82) is 5.26 Å². The van der Waals surface area contributed by atoms with Crippen molar-refractivity contribution in [2.24, 2.45) is 0 Å². The molecule has 0 spiro atoms. The molecule has 0 bridgehead atoms. The molecule has 0 fully saturated rings. The average molecular weight is 449 g/mol. The SMILES string of the molecule is COc1ccc(-c2nn(-c3ccccc3)cc2/C=C(/C#N)C(=O)Nc2ccc(C)cc2)cc1C. The fourth-order valence-corrected chi connectivity index (χ4v) is 3.60. The molecule has 6 nitrogen and oxygen atoms in total. The number of carbonyl (C=O) groups excluding carboxylic acids is 1. The number of para-hydroxylation sites is 1. The Morgan fingerprint density at radius 1 is 1.06 bits per heavy atom. The number of nitrogens with one attached hydrogen (secondary N) is 1. The first kappa shape index (κ1) is 22.6. The highest BCUT2D eigenvalue weighted by atomic mass is 16.5. The van der Waals surface area contributed by atoms with Crippen LogP contribution in [0, 0.1) is 25.2 Å². The van der Waals surface area contributed by atoms with Crippen LogP contribution in [-0.4, -0.2) is 22.8 Å². The highest BCUT2D eigenvalue weighted by Crippen LogP contribution is 2.30. The Kier molecular flexibility index (Phi) is 6.56. The van der Waals surface area contributed by atoms with E-state index in [2.05, 4.69) is 5.32 Å². The molecule has 0 unspecified atom stereocenters. The number of nitriles is 1. The molecule has 1 N–H and O–H groups in total. The predicted octanol–water partition coefficient (Wildman–Crippen LogP) is 5.71. The van der Waals surface area contributed by atoms with E-state index in [0.29, 0.717) is 16.9 Å². The van der Waals surface area contributed by atoms with Gasteiger partial charge in [-0.3, -0.25) is 4.79 Å². The number of nitrogens with zero attached hydrogens (tertiary/aromatic N) is 3. The molecule has 1 amide bonds. The summed E-state index contributed by atoms with van der Waals surface area (Å²) in [5.74, 6) is 0.300. The van der Waals surface area contributed by atoms with Crippen molar-refractivity contribution in [2.45, 2.75) is 13.8 Å². The maximum absolute atomic E-state index is 12.8. The third-order valence-corrected chi connectivity index (χ3v) is 5.41. The van der Waals surface area contributed by atoms with Crippen LogP contribution in [-0.2, 0) is 4.79 Å². The Morgan fingerprint density at radius 3 is 2.44 bits per heavy atom. The molecule has 4 rings (SSSR count). The Balaban J connectivity index is 1.77. The van der Waals surface area contributed by atoms with E-state index in [1.54, 1.807) is 30.0 Å². The van der Waals surface area contributed by atoms with Gasteiger partial charge in [-0.2, -0.15) is 10.4 Å². The Morgan fingerprint density at radius 2 is 1.79 bits per heavy atom. The van der Waals surface area contributed by atoms with Crippen molar-refractivity contribution in [1.82, 2.24) is 9.78 Å². The molecular weight excluding hydrogens is 424 g/mol. The molecule has 1 heterocycles. The van der Waals surface area contributed by atoms with E-state index in [-0.39, 0.29) is 5.57 Å². The fraction of sp³-hybridized carbons (Fsp3) is 0.107. The van der Waals surface area contributed by atoms with Crippen LogP contribution in [0.15, 0.2) is 84.6 Å². The number of ether oxygens (including phenoxy) is 1. The smallest absolute Gasteiger partial charge is 0.266 e. The molecule has 0 aliphatic rings. The van der Waals surface area contributed by atoms with E-state index in [0.717, 1.165) is 28.1 Å². The lowest BCUT2D eigenvalue weighted by molar-refractivity contribution is -0.112. The summed E-state index contributed by atoms with van der Waals surface area (Å²) in [7, 11) is 1.63. The summed E-state index contributed by atoms with van der Waals surface area (Å²) in [4.78, 5) is 12.8. The summed E-state index contributed by atoms with van der Waals surface area (Å²) in [5, 5.41) is 17.3. The normalized spacial score (nSPS) is 11.1. The summed E-state index contributed by atoms with van der Waals surface area (Å²) in [6.45, 7) is 3.93. The number of rotatable bonds is 6. The molecule has 0 atom stereocenters. The van der Waals surface area contributed by atoms with Crippen LogP contribution in [0.4, 0.5) is 5.69 Å². The summed E-state index contributed by atoms with van der Waals surface area (Å²) in [6, 6.07) is 24.9. The number of methoxy groups -OCH3 is 1. The first-order chi connectivity index (χ1) is 16.5. The van der Waals surface area contributed by atoms with Crippen LogP contribution in [0.5, 0.6) is 5.75 Å². The van der Waals surface area contributed by atoms with Gasteiger partial charge in [0.1, 0.15) is 23.1 Å². The molecule has 0 aliphatic carbocycles. The molecule has 0 aliphatic heterocycles. The largest absolute Gasteiger partial charge is 0.496 e. The highest BCUT2D eigenvalue weighted by molar-refractivity contribution is 6.10. The summed E-state index contributed by atoms with van der Waals surface area (Å²) < 4.78 is 7.13. The second-order valence-electron chi connectivity index (χ2n) is 7.89. The third-order valence-electron chi connectivity index (χ3n) is 5.41. The van der Waals surface area contributed by atoms with Crippen LogP contribution in [0.25, 0.3) is 23.0 Å². The van der Waals surface area contributed by atoms with Gasteiger partial charge in [0.2, 0.25) is 0 Å². The van der Waals surface area contributed by atoms with Crippen LogP contribution in [0.2, 0.25) is 0 Å². The van der Waals surface area contributed by atoms with E-state index < -0.39 is 5.91 Å². The number of aromatic nitrogens is 2. The van der Waals surface area contributed by atoms with E-state index in [4.69, 9.17) is 9.84 Å². The second-order valence-corrected chi connectivity index (χ2v) is 7.89.